The van der Waals surface area contributed by atoms with Gasteiger partial charge in [0.1, 0.15) is 18.2 Å². The number of nitrogens with two attached hydrogens (primary N) is 1. The number of hydrogen-bond acceptors (Lipinski definition) is 7. The number of nitrogen functional groups attached to an aromatic ring is 1. The molecule has 0 atom stereocenters. The molecule has 0 fully saturated rings. The minimum Gasteiger partial charge on any atom is -0.490 e. The number of aryl methyl sites for hydroxylation is 1. The highest BCUT2D eigenvalue weighted by Gasteiger charge is 2.16. The Morgan fingerprint density at radius 3 is 2.71 bits per heavy atom. The third kappa shape index (κ3) is 3.56. The Morgan fingerprint density at radius 2 is 2.10 bits per heavy atom. The monoisotopic (exact) mass is 290 g/mol. The van der Waals surface area contributed by atoms with Gasteiger partial charge in [-0.05, 0) is 19.1 Å². The molecule has 0 saturated carbocycles. The van der Waals surface area contributed by atoms with Crippen molar-refractivity contribution >= 4 is 11.5 Å². The number of rotatable bonds is 5. The first-order valence-electron chi connectivity index (χ1n) is 6.05. The summed E-state index contributed by atoms with van der Waals surface area (Å²) in [5.41, 5.74) is 6.17. The first-order valence-corrected chi connectivity index (χ1v) is 6.05. The fraction of sp³-hybridized carbons (Fsp3) is 0.231. The molecular formula is C13H14N4O4. The van der Waals surface area contributed by atoms with Crippen LogP contribution in [-0.2, 0) is 6.61 Å². The SMILES string of the molecule is COc1ccc(OCc2nc(C)cc(N)n2)cc1[N+](=O)[O-]. The summed E-state index contributed by atoms with van der Waals surface area (Å²) in [4.78, 5) is 18.6. The third-order valence-corrected chi connectivity index (χ3v) is 2.64. The number of nitro benzene ring substituents is 1. The fourth-order valence-corrected chi connectivity index (χ4v) is 1.77. The standard InChI is InChI=1S/C13H14N4O4/c1-8-5-12(14)16-13(15-8)7-21-9-3-4-11(20-2)10(6-9)17(18)19/h3-6H,7H2,1-2H3,(H2,14,15,16). The lowest BCUT2D eigenvalue weighted by molar-refractivity contribution is -0.385. The van der Waals surface area contributed by atoms with Crippen molar-refractivity contribution in [3.8, 4) is 11.5 Å². The van der Waals surface area contributed by atoms with Crippen molar-refractivity contribution in [2.75, 3.05) is 12.8 Å². The molecule has 0 spiro atoms. The smallest absolute Gasteiger partial charge is 0.314 e. The van der Waals surface area contributed by atoms with Crippen LogP contribution in [0.15, 0.2) is 24.3 Å². The van der Waals surface area contributed by atoms with E-state index in [1.807, 2.05) is 0 Å². The van der Waals surface area contributed by atoms with Crippen LogP contribution in [0.5, 0.6) is 11.5 Å². The van der Waals surface area contributed by atoms with Crippen molar-refractivity contribution in [3.05, 3.63) is 45.9 Å². The lowest BCUT2D eigenvalue weighted by Crippen LogP contribution is -2.05. The highest BCUT2D eigenvalue weighted by atomic mass is 16.6. The maximum atomic E-state index is 10.9. The Morgan fingerprint density at radius 1 is 1.33 bits per heavy atom. The van der Waals surface area contributed by atoms with Crippen LogP contribution in [0, 0.1) is 17.0 Å². The van der Waals surface area contributed by atoms with Crippen LogP contribution in [0.3, 0.4) is 0 Å². The Balaban J connectivity index is 2.16. The van der Waals surface area contributed by atoms with E-state index in [1.54, 1.807) is 19.1 Å². The van der Waals surface area contributed by atoms with Gasteiger partial charge in [-0.15, -0.1) is 0 Å². The van der Waals surface area contributed by atoms with Gasteiger partial charge in [-0.1, -0.05) is 0 Å². The van der Waals surface area contributed by atoms with Gasteiger partial charge in [0.2, 0.25) is 0 Å². The van der Waals surface area contributed by atoms with Gasteiger partial charge in [0.05, 0.1) is 18.1 Å². The van der Waals surface area contributed by atoms with E-state index in [4.69, 9.17) is 15.2 Å². The number of anilines is 1. The minimum atomic E-state index is -0.535. The van der Waals surface area contributed by atoms with Crippen molar-refractivity contribution < 1.29 is 14.4 Å². The first kappa shape index (κ1) is 14.5. The van der Waals surface area contributed by atoms with Gasteiger partial charge < -0.3 is 15.2 Å². The summed E-state index contributed by atoms with van der Waals surface area (Å²) < 4.78 is 10.4. The predicted molar refractivity (Wildman–Crippen MR) is 75.2 cm³/mol. The summed E-state index contributed by atoms with van der Waals surface area (Å²) in [5.74, 6) is 1.25. The predicted octanol–water partition coefficient (Wildman–Crippen LogP) is 1.86. The van der Waals surface area contributed by atoms with Crippen molar-refractivity contribution in [2.45, 2.75) is 13.5 Å². The molecule has 0 aliphatic carbocycles. The van der Waals surface area contributed by atoms with Gasteiger partial charge in [0.15, 0.2) is 11.6 Å². The maximum absolute atomic E-state index is 10.9. The highest BCUT2D eigenvalue weighted by Crippen LogP contribution is 2.30. The minimum absolute atomic E-state index is 0.0648. The molecule has 1 aromatic carbocycles. The fourth-order valence-electron chi connectivity index (χ4n) is 1.77. The van der Waals surface area contributed by atoms with Gasteiger partial charge >= 0.3 is 5.69 Å². The Hall–Kier alpha value is -2.90. The zero-order valence-electron chi connectivity index (χ0n) is 11.6. The molecule has 0 amide bonds. The average Bonchev–Trinajstić information content (AvgIpc) is 2.43. The van der Waals surface area contributed by atoms with Crippen LogP contribution < -0.4 is 15.2 Å². The second-order valence-corrected chi connectivity index (χ2v) is 4.23. The maximum Gasteiger partial charge on any atom is 0.314 e. The number of hydrogen-bond donors (Lipinski definition) is 1. The van der Waals surface area contributed by atoms with Crippen LogP contribution >= 0.6 is 0 Å². The lowest BCUT2D eigenvalue weighted by Gasteiger charge is -2.08. The molecule has 8 nitrogen and oxygen atoms in total. The summed E-state index contributed by atoms with van der Waals surface area (Å²) in [6, 6.07) is 5.98. The van der Waals surface area contributed by atoms with Crippen molar-refractivity contribution in [1.82, 2.24) is 9.97 Å². The molecule has 21 heavy (non-hydrogen) atoms. The van der Waals surface area contributed by atoms with E-state index >= 15 is 0 Å². The molecule has 110 valence electrons. The number of ether oxygens (including phenoxy) is 2. The summed E-state index contributed by atoms with van der Waals surface area (Å²) in [6.45, 7) is 1.86. The van der Waals surface area contributed by atoms with Crippen LogP contribution in [0.25, 0.3) is 0 Å². The summed E-state index contributed by atoms with van der Waals surface area (Å²) >= 11 is 0. The third-order valence-electron chi connectivity index (χ3n) is 2.64. The van der Waals surface area contributed by atoms with Crippen molar-refractivity contribution in [1.29, 1.82) is 0 Å². The summed E-state index contributed by atoms with van der Waals surface area (Å²) in [7, 11) is 1.37. The Kier molecular flexibility index (Phi) is 4.17. The molecule has 0 radical (unpaired) electrons. The molecule has 8 heteroatoms. The molecular weight excluding hydrogens is 276 g/mol. The van der Waals surface area contributed by atoms with Gasteiger partial charge in [-0.2, -0.15) is 0 Å². The van der Waals surface area contributed by atoms with Gasteiger partial charge in [0, 0.05) is 11.8 Å². The highest BCUT2D eigenvalue weighted by molar-refractivity contribution is 5.50. The number of nitro groups is 1. The molecule has 1 heterocycles. The van der Waals surface area contributed by atoms with Gasteiger partial charge in [-0.3, -0.25) is 10.1 Å². The summed E-state index contributed by atoms with van der Waals surface area (Å²) in [6.07, 6.45) is 0. The van der Waals surface area contributed by atoms with E-state index in [2.05, 4.69) is 9.97 Å². The lowest BCUT2D eigenvalue weighted by atomic mass is 10.3. The molecule has 2 N–H and O–H groups in total. The number of nitrogens with zero attached hydrogens (tertiary/aromatic N) is 3. The van der Waals surface area contributed by atoms with Gasteiger partial charge in [-0.25, -0.2) is 9.97 Å². The second kappa shape index (κ2) is 6.04. The summed E-state index contributed by atoms with van der Waals surface area (Å²) in [5, 5.41) is 10.9. The van der Waals surface area contributed by atoms with E-state index in [9.17, 15) is 10.1 Å². The number of methoxy groups -OCH3 is 1. The molecule has 0 bridgehead atoms. The van der Waals surface area contributed by atoms with E-state index in [0.29, 0.717) is 17.4 Å². The first-order chi connectivity index (χ1) is 9.99. The second-order valence-electron chi connectivity index (χ2n) is 4.23. The van der Waals surface area contributed by atoms with Crippen LogP contribution in [0.4, 0.5) is 11.5 Å². The molecule has 2 rings (SSSR count). The van der Waals surface area contributed by atoms with Gasteiger partial charge in [0.25, 0.3) is 0 Å². The van der Waals surface area contributed by atoms with Crippen LogP contribution in [0.1, 0.15) is 11.5 Å². The number of benzene rings is 1. The quantitative estimate of drug-likeness (QED) is 0.660. The van der Waals surface area contributed by atoms with E-state index in [-0.39, 0.29) is 18.0 Å². The zero-order valence-corrected chi connectivity index (χ0v) is 11.6. The van der Waals surface area contributed by atoms with E-state index in [0.717, 1.165) is 5.69 Å². The molecule has 0 unspecified atom stereocenters. The largest absolute Gasteiger partial charge is 0.490 e. The van der Waals surface area contributed by atoms with E-state index < -0.39 is 4.92 Å². The van der Waals surface area contributed by atoms with Crippen LogP contribution in [-0.4, -0.2) is 22.0 Å². The van der Waals surface area contributed by atoms with Crippen molar-refractivity contribution in [2.24, 2.45) is 0 Å². The normalized spacial score (nSPS) is 10.2. The van der Waals surface area contributed by atoms with Crippen molar-refractivity contribution in [3.63, 3.8) is 0 Å². The Labute approximate surface area is 120 Å². The molecule has 2 aromatic rings. The average molecular weight is 290 g/mol. The molecule has 0 saturated heterocycles. The van der Waals surface area contributed by atoms with E-state index in [1.165, 1.54) is 19.2 Å². The molecule has 0 aliphatic heterocycles. The number of aromatic nitrogens is 2. The molecule has 1 aromatic heterocycles. The zero-order chi connectivity index (χ0) is 15.4. The molecule has 0 aliphatic rings. The van der Waals surface area contributed by atoms with Crippen LogP contribution in [0.2, 0.25) is 0 Å². The Bertz CT molecular complexity index is 655. The topological polar surface area (TPSA) is 113 Å².